The van der Waals surface area contributed by atoms with Crippen LogP contribution in [0.25, 0.3) is 5.65 Å². The van der Waals surface area contributed by atoms with E-state index in [2.05, 4.69) is 20.7 Å². The zero-order chi connectivity index (χ0) is 22.1. The number of aromatic nitrogens is 4. The summed E-state index contributed by atoms with van der Waals surface area (Å²) in [7, 11) is 0. The number of fused-ring (bicyclic) bond motifs is 1. The monoisotopic (exact) mass is 424 g/mol. The highest BCUT2D eigenvalue weighted by Gasteiger charge is 2.16. The SMILES string of the molecule is Cc1ccc(Nc2nc(C)cc3nn(CC(=O)Nc4cc(F)cc(F)c4)c(=O)n23)cc1. The zero-order valence-corrected chi connectivity index (χ0v) is 16.7. The molecule has 0 spiro atoms. The second-order valence-corrected chi connectivity index (χ2v) is 7.05. The summed E-state index contributed by atoms with van der Waals surface area (Å²) in [5, 5.41) is 9.63. The largest absolute Gasteiger partial charge is 0.353 e. The number of carbonyl (C=O) groups is 1. The van der Waals surface area contributed by atoms with Crippen LogP contribution >= 0.6 is 0 Å². The number of anilines is 3. The van der Waals surface area contributed by atoms with E-state index < -0.39 is 29.8 Å². The molecule has 0 aliphatic carbocycles. The lowest BCUT2D eigenvalue weighted by molar-refractivity contribution is -0.117. The van der Waals surface area contributed by atoms with E-state index in [1.54, 1.807) is 13.0 Å². The van der Waals surface area contributed by atoms with Gasteiger partial charge in [-0.05, 0) is 38.1 Å². The molecule has 0 aliphatic heterocycles. The Morgan fingerprint density at radius 3 is 2.35 bits per heavy atom. The summed E-state index contributed by atoms with van der Waals surface area (Å²) in [6, 6.07) is 11.8. The summed E-state index contributed by atoms with van der Waals surface area (Å²) in [6.45, 7) is 3.28. The van der Waals surface area contributed by atoms with Crippen LogP contribution in [-0.4, -0.2) is 25.1 Å². The molecule has 0 radical (unpaired) electrons. The molecule has 10 heteroatoms. The van der Waals surface area contributed by atoms with Gasteiger partial charge in [0.25, 0.3) is 0 Å². The van der Waals surface area contributed by atoms with Crippen LogP contribution in [-0.2, 0) is 11.3 Å². The highest BCUT2D eigenvalue weighted by atomic mass is 19.1. The first-order chi connectivity index (χ1) is 14.8. The number of benzene rings is 2. The molecule has 0 saturated heterocycles. The number of carbonyl (C=O) groups excluding carboxylic acids is 1. The van der Waals surface area contributed by atoms with Crippen molar-refractivity contribution in [1.29, 1.82) is 0 Å². The molecule has 4 aromatic rings. The van der Waals surface area contributed by atoms with E-state index in [9.17, 15) is 18.4 Å². The molecule has 0 unspecified atom stereocenters. The maximum Gasteiger partial charge on any atom is 0.353 e. The first kappa shape index (κ1) is 20.2. The number of aryl methyl sites for hydroxylation is 2. The third kappa shape index (κ3) is 4.42. The summed E-state index contributed by atoms with van der Waals surface area (Å²) in [4.78, 5) is 29.6. The van der Waals surface area contributed by atoms with Crippen molar-refractivity contribution in [2.24, 2.45) is 0 Å². The second-order valence-electron chi connectivity index (χ2n) is 7.05. The topological polar surface area (TPSA) is 93.3 Å². The van der Waals surface area contributed by atoms with Gasteiger partial charge in [-0.2, -0.15) is 0 Å². The van der Waals surface area contributed by atoms with Gasteiger partial charge in [0.05, 0.1) is 0 Å². The molecule has 31 heavy (non-hydrogen) atoms. The van der Waals surface area contributed by atoms with Crippen LogP contribution < -0.4 is 16.3 Å². The number of nitrogens with one attached hydrogen (secondary N) is 2. The fourth-order valence-corrected chi connectivity index (χ4v) is 3.07. The van der Waals surface area contributed by atoms with Gasteiger partial charge in [-0.25, -0.2) is 27.6 Å². The molecule has 0 aliphatic rings. The average Bonchev–Trinajstić information content (AvgIpc) is 2.97. The van der Waals surface area contributed by atoms with Crippen molar-refractivity contribution < 1.29 is 13.6 Å². The standard InChI is InChI=1S/C21H18F2N6O2/c1-12-3-5-16(6-4-12)26-20-24-13(2)7-18-27-28(21(31)29(18)20)11-19(30)25-17-9-14(22)8-15(23)10-17/h3-10H,11H2,1-2H3,(H,24,26)(H,25,30). The lowest BCUT2D eigenvalue weighted by Crippen LogP contribution is -2.29. The van der Waals surface area contributed by atoms with E-state index >= 15 is 0 Å². The van der Waals surface area contributed by atoms with Gasteiger partial charge in [-0.3, -0.25) is 4.79 Å². The number of halogens is 2. The smallest absolute Gasteiger partial charge is 0.325 e. The van der Waals surface area contributed by atoms with Gasteiger partial charge >= 0.3 is 5.69 Å². The van der Waals surface area contributed by atoms with Crippen LogP contribution in [0.4, 0.5) is 26.1 Å². The van der Waals surface area contributed by atoms with Crippen molar-refractivity contribution in [2.45, 2.75) is 20.4 Å². The summed E-state index contributed by atoms with van der Waals surface area (Å²) < 4.78 is 28.8. The number of hydrogen-bond donors (Lipinski definition) is 2. The Hall–Kier alpha value is -4.08. The third-order valence-corrected chi connectivity index (χ3v) is 4.44. The van der Waals surface area contributed by atoms with Crippen molar-refractivity contribution in [2.75, 3.05) is 10.6 Å². The molecule has 2 aromatic heterocycles. The molecule has 0 atom stereocenters. The lowest BCUT2D eigenvalue weighted by Gasteiger charge is -2.08. The fourth-order valence-electron chi connectivity index (χ4n) is 3.07. The van der Waals surface area contributed by atoms with E-state index in [4.69, 9.17) is 0 Å². The van der Waals surface area contributed by atoms with Crippen molar-refractivity contribution in [3.05, 3.63) is 81.9 Å². The summed E-state index contributed by atoms with van der Waals surface area (Å²) in [6.07, 6.45) is 0. The minimum atomic E-state index is -0.825. The fraction of sp³-hybridized carbons (Fsp3) is 0.143. The predicted octanol–water partition coefficient (Wildman–Crippen LogP) is 3.17. The Morgan fingerprint density at radius 1 is 1.00 bits per heavy atom. The van der Waals surface area contributed by atoms with Gasteiger partial charge in [0.15, 0.2) is 5.65 Å². The van der Waals surface area contributed by atoms with Crippen molar-refractivity contribution in [3.8, 4) is 0 Å². The molecule has 4 rings (SSSR count). The minimum Gasteiger partial charge on any atom is -0.325 e. The summed E-state index contributed by atoms with van der Waals surface area (Å²) in [5.74, 6) is -2.06. The van der Waals surface area contributed by atoms with E-state index in [1.165, 1.54) is 4.40 Å². The molecule has 2 heterocycles. The quantitative estimate of drug-likeness (QED) is 0.513. The minimum absolute atomic E-state index is 0.0569. The highest BCUT2D eigenvalue weighted by Crippen LogP contribution is 2.17. The highest BCUT2D eigenvalue weighted by molar-refractivity contribution is 5.90. The molecular weight excluding hydrogens is 406 g/mol. The Balaban J connectivity index is 1.63. The van der Waals surface area contributed by atoms with Crippen molar-refractivity contribution >= 4 is 28.9 Å². The first-order valence-electron chi connectivity index (χ1n) is 9.35. The summed E-state index contributed by atoms with van der Waals surface area (Å²) in [5.41, 5.74) is 2.10. The van der Waals surface area contributed by atoms with Crippen LogP contribution in [0.5, 0.6) is 0 Å². The molecule has 2 aromatic carbocycles. The zero-order valence-electron chi connectivity index (χ0n) is 16.7. The van der Waals surface area contributed by atoms with E-state index in [-0.39, 0.29) is 11.6 Å². The maximum absolute atomic E-state index is 13.3. The van der Waals surface area contributed by atoms with Gasteiger partial charge in [0.2, 0.25) is 11.9 Å². The lowest BCUT2D eigenvalue weighted by atomic mass is 10.2. The molecule has 2 N–H and O–H groups in total. The normalized spacial score (nSPS) is 11.0. The number of amides is 1. The number of nitrogens with zero attached hydrogens (tertiary/aromatic N) is 4. The molecule has 158 valence electrons. The maximum atomic E-state index is 13.3. The van der Waals surface area contributed by atoms with Gasteiger partial charge in [0, 0.05) is 29.2 Å². The molecule has 8 nitrogen and oxygen atoms in total. The van der Waals surface area contributed by atoms with Gasteiger partial charge < -0.3 is 10.6 Å². The van der Waals surface area contributed by atoms with Crippen LogP contribution in [0.2, 0.25) is 0 Å². The predicted molar refractivity (Wildman–Crippen MR) is 111 cm³/mol. The van der Waals surface area contributed by atoms with Crippen LogP contribution in [0.1, 0.15) is 11.3 Å². The van der Waals surface area contributed by atoms with Crippen LogP contribution in [0.15, 0.2) is 53.3 Å². The Kier molecular flexibility index (Phi) is 5.20. The average molecular weight is 424 g/mol. The van der Waals surface area contributed by atoms with Crippen molar-refractivity contribution in [3.63, 3.8) is 0 Å². The Morgan fingerprint density at radius 2 is 1.68 bits per heavy atom. The molecular formula is C21H18F2N6O2. The molecule has 0 bridgehead atoms. The first-order valence-corrected chi connectivity index (χ1v) is 9.35. The van der Waals surface area contributed by atoms with Crippen molar-refractivity contribution in [1.82, 2.24) is 19.2 Å². The Bertz CT molecular complexity index is 1320. The van der Waals surface area contributed by atoms with Crippen LogP contribution in [0.3, 0.4) is 0 Å². The number of rotatable bonds is 5. The third-order valence-electron chi connectivity index (χ3n) is 4.44. The van der Waals surface area contributed by atoms with Gasteiger partial charge in [0.1, 0.15) is 18.2 Å². The Labute approximate surface area is 175 Å². The van der Waals surface area contributed by atoms with Gasteiger partial charge in [-0.1, -0.05) is 17.7 Å². The van der Waals surface area contributed by atoms with E-state index in [0.29, 0.717) is 17.4 Å². The molecule has 0 fully saturated rings. The van der Waals surface area contributed by atoms with E-state index in [1.807, 2.05) is 31.2 Å². The van der Waals surface area contributed by atoms with Crippen LogP contribution in [0, 0.1) is 25.5 Å². The summed E-state index contributed by atoms with van der Waals surface area (Å²) >= 11 is 0. The molecule has 1 amide bonds. The van der Waals surface area contributed by atoms with Gasteiger partial charge in [-0.15, -0.1) is 5.10 Å². The second kappa shape index (κ2) is 7.98. The van der Waals surface area contributed by atoms with E-state index in [0.717, 1.165) is 28.1 Å². The molecule has 0 saturated carbocycles. The number of hydrogen-bond acceptors (Lipinski definition) is 5.